The fourth-order valence-electron chi connectivity index (χ4n) is 3.08. The Morgan fingerprint density at radius 3 is 2.47 bits per heavy atom. The molecule has 0 aromatic heterocycles. The van der Waals surface area contributed by atoms with Gasteiger partial charge in [0.25, 0.3) is 0 Å². The summed E-state index contributed by atoms with van der Waals surface area (Å²) in [6, 6.07) is 1.22. The molecule has 112 valence electrons. The number of aliphatic hydroxyl groups excluding tert-OH is 1. The van der Waals surface area contributed by atoms with Crippen molar-refractivity contribution in [3.63, 3.8) is 0 Å². The minimum atomic E-state index is -0.101. The number of rotatable bonds is 10. The van der Waals surface area contributed by atoms with Gasteiger partial charge < -0.3 is 15.3 Å². The SMILES string of the molecule is CCCN(CC1CC1)C(C)CC(C)(CO)NC1CC1. The van der Waals surface area contributed by atoms with Crippen molar-refractivity contribution in [3.8, 4) is 0 Å². The van der Waals surface area contributed by atoms with Crippen LogP contribution in [0.2, 0.25) is 0 Å². The van der Waals surface area contributed by atoms with Crippen LogP contribution < -0.4 is 5.32 Å². The first-order valence-corrected chi connectivity index (χ1v) is 8.19. The van der Waals surface area contributed by atoms with Gasteiger partial charge in [-0.2, -0.15) is 0 Å². The van der Waals surface area contributed by atoms with Crippen molar-refractivity contribution in [2.45, 2.75) is 76.9 Å². The molecule has 19 heavy (non-hydrogen) atoms. The molecule has 2 aliphatic carbocycles. The van der Waals surface area contributed by atoms with Crippen molar-refractivity contribution >= 4 is 0 Å². The molecule has 2 aliphatic rings. The molecule has 0 radical (unpaired) electrons. The summed E-state index contributed by atoms with van der Waals surface area (Å²) in [5.74, 6) is 0.950. The van der Waals surface area contributed by atoms with Crippen molar-refractivity contribution < 1.29 is 5.11 Å². The van der Waals surface area contributed by atoms with Crippen molar-refractivity contribution in [1.82, 2.24) is 10.2 Å². The average Bonchev–Trinajstić information content (AvgIpc) is 3.24. The molecule has 0 amide bonds. The van der Waals surface area contributed by atoms with E-state index in [-0.39, 0.29) is 12.1 Å². The third-order valence-electron chi connectivity index (χ3n) is 4.55. The topological polar surface area (TPSA) is 35.5 Å². The Morgan fingerprint density at radius 2 is 2.00 bits per heavy atom. The zero-order valence-corrected chi connectivity index (χ0v) is 13.0. The predicted molar refractivity (Wildman–Crippen MR) is 80.3 cm³/mol. The van der Waals surface area contributed by atoms with Gasteiger partial charge in [0, 0.05) is 24.2 Å². The second-order valence-electron chi connectivity index (χ2n) is 7.13. The summed E-state index contributed by atoms with van der Waals surface area (Å²) in [6.07, 6.45) is 7.68. The molecule has 3 nitrogen and oxygen atoms in total. The number of aliphatic hydroxyl groups is 1. The highest BCUT2D eigenvalue weighted by Crippen LogP contribution is 2.31. The zero-order chi connectivity index (χ0) is 13.9. The van der Waals surface area contributed by atoms with Crippen LogP contribution in [0.25, 0.3) is 0 Å². The molecule has 2 atom stereocenters. The second kappa shape index (κ2) is 6.55. The minimum absolute atomic E-state index is 0.101. The maximum absolute atomic E-state index is 9.74. The van der Waals surface area contributed by atoms with Crippen molar-refractivity contribution in [2.75, 3.05) is 19.7 Å². The van der Waals surface area contributed by atoms with Crippen LogP contribution in [0.5, 0.6) is 0 Å². The largest absolute Gasteiger partial charge is 0.394 e. The van der Waals surface area contributed by atoms with E-state index < -0.39 is 0 Å². The lowest BCUT2D eigenvalue weighted by molar-refractivity contribution is 0.110. The lowest BCUT2D eigenvalue weighted by Crippen LogP contribution is -2.51. The first kappa shape index (κ1) is 15.3. The van der Waals surface area contributed by atoms with E-state index in [0.29, 0.717) is 12.1 Å². The Hall–Kier alpha value is -0.120. The van der Waals surface area contributed by atoms with Crippen molar-refractivity contribution in [1.29, 1.82) is 0 Å². The molecule has 0 aliphatic heterocycles. The van der Waals surface area contributed by atoms with E-state index in [2.05, 4.69) is 31.0 Å². The van der Waals surface area contributed by atoms with E-state index in [4.69, 9.17) is 0 Å². The van der Waals surface area contributed by atoms with Crippen LogP contribution in [0, 0.1) is 5.92 Å². The molecule has 2 unspecified atom stereocenters. The van der Waals surface area contributed by atoms with Gasteiger partial charge in [-0.15, -0.1) is 0 Å². The molecule has 0 bridgehead atoms. The Kier molecular flexibility index (Phi) is 5.27. The lowest BCUT2D eigenvalue weighted by atomic mass is 9.93. The Bertz CT molecular complexity index is 276. The molecule has 2 saturated carbocycles. The van der Waals surface area contributed by atoms with Crippen LogP contribution in [0.15, 0.2) is 0 Å². The number of hydrogen-bond acceptors (Lipinski definition) is 3. The standard InChI is InChI=1S/C16H32N2O/c1-4-9-18(11-14-5-6-14)13(2)10-16(3,12-19)17-15-7-8-15/h13-15,17,19H,4-12H2,1-3H3. The fraction of sp³-hybridized carbons (Fsp3) is 1.00. The van der Waals surface area contributed by atoms with Gasteiger partial charge >= 0.3 is 0 Å². The summed E-state index contributed by atoms with van der Waals surface area (Å²) in [4.78, 5) is 2.64. The summed E-state index contributed by atoms with van der Waals surface area (Å²) in [7, 11) is 0. The summed E-state index contributed by atoms with van der Waals surface area (Å²) >= 11 is 0. The van der Waals surface area contributed by atoms with E-state index in [9.17, 15) is 5.11 Å². The van der Waals surface area contributed by atoms with Gasteiger partial charge in [0.15, 0.2) is 0 Å². The maximum atomic E-state index is 9.74. The van der Waals surface area contributed by atoms with Crippen LogP contribution in [0.4, 0.5) is 0 Å². The Balaban J connectivity index is 1.84. The molecule has 2 fully saturated rings. The van der Waals surface area contributed by atoms with Gasteiger partial charge in [-0.1, -0.05) is 6.92 Å². The van der Waals surface area contributed by atoms with E-state index in [1.54, 1.807) is 0 Å². The second-order valence-corrected chi connectivity index (χ2v) is 7.13. The molecule has 0 saturated heterocycles. The van der Waals surface area contributed by atoms with E-state index >= 15 is 0 Å². The van der Waals surface area contributed by atoms with Gasteiger partial charge in [-0.25, -0.2) is 0 Å². The lowest BCUT2D eigenvalue weighted by Gasteiger charge is -2.37. The molecule has 2 rings (SSSR count). The van der Waals surface area contributed by atoms with Crippen LogP contribution in [0.1, 0.15) is 59.3 Å². The monoisotopic (exact) mass is 268 g/mol. The van der Waals surface area contributed by atoms with Crippen molar-refractivity contribution in [2.24, 2.45) is 5.92 Å². The summed E-state index contributed by atoms with van der Waals surface area (Å²) < 4.78 is 0. The van der Waals surface area contributed by atoms with Gasteiger partial charge in [0.05, 0.1) is 6.61 Å². The normalized spacial score (nSPS) is 24.5. The van der Waals surface area contributed by atoms with Gasteiger partial charge in [0.1, 0.15) is 0 Å². The summed E-state index contributed by atoms with van der Waals surface area (Å²) in [5.41, 5.74) is -0.101. The molecular formula is C16H32N2O. The molecule has 0 heterocycles. The van der Waals surface area contributed by atoms with E-state index in [1.807, 2.05) is 0 Å². The highest BCUT2D eigenvalue weighted by Gasteiger charge is 2.35. The average molecular weight is 268 g/mol. The molecular weight excluding hydrogens is 236 g/mol. The zero-order valence-electron chi connectivity index (χ0n) is 13.0. The van der Waals surface area contributed by atoms with Crippen LogP contribution in [0.3, 0.4) is 0 Å². The minimum Gasteiger partial charge on any atom is -0.394 e. The molecule has 0 aromatic carbocycles. The van der Waals surface area contributed by atoms with Crippen LogP contribution in [-0.2, 0) is 0 Å². The number of hydrogen-bond donors (Lipinski definition) is 2. The van der Waals surface area contributed by atoms with Gasteiger partial charge in [-0.05, 0) is 64.8 Å². The molecule has 0 aromatic rings. The van der Waals surface area contributed by atoms with Gasteiger partial charge in [0.2, 0.25) is 0 Å². The molecule has 3 heteroatoms. The van der Waals surface area contributed by atoms with Crippen LogP contribution >= 0.6 is 0 Å². The highest BCUT2D eigenvalue weighted by molar-refractivity contribution is 4.95. The highest BCUT2D eigenvalue weighted by atomic mass is 16.3. The predicted octanol–water partition coefficient (Wildman–Crippen LogP) is 2.39. The quantitative estimate of drug-likeness (QED) is 0.638. The third kappa shape index (κ3) is 5.05. The Morgan fingerprint density at radius 1 is 1.32 bits per heavy atom. The molecule has 2 N–H and O–H groups in total. The number of nitrogens with zero attached hydrogens (tertiary/aromatic N) is 1. The van der Waals surface area contributed by atoms with Crippen molar-refractivity contribution in [3.05, 3.63) is 0 Å². The van der Waals surface area contributed by atoms with E-state index in [1.165, 1.54) is 45.2 Å². The maximum Gasteiger partial charge on any atom is 0.0611 e. The molecule has 0 spiro atoms. The van der Waals surface area contributed by atoms with Crippen LogP contribution in [-0.4, -0.2) is 47.3 Å². The smallest absolute Gasteiger partial charge is 0.0611 e. The van der Waals surface area contributed by atoms with Gasteiger partial charge in [-0.3, -0.25) is 0 Å². The van der Waals surface area contributed by atoms with E-state index in [0.717, 1.165) is 12.3 Å². The summed E-state index contributed by atoms with van der Waals surface area (Å²) in [6.45, 7) is 9.49. The number of nitrogens with one attached hydrogen (secondary N) is 1. The summed E-state index contributed by atoms with van der Waals surface area (Å²) in [5, 5.41) is 13.4. The first-order chi connectivity index (χ1) is 9.06. The third-order valence-corrected chi connectivity index (χ3v) is 4.55. The Labute approximate surface area is 118 Å². The fourth-order valence-corrected chi connectivity index (χ4v) is 3.08. The first-order valence-electron chi connectivity index (χ1n) is 8.19.